The quantitative estimate of drug-likeness (QED) is 0.811. The van der Waals surface area contributed by atoms with Crippen LogP contribution in [-0.4, -0.2) is 59.6 Å². The highest BCUT2D eigenvalue weighted by Gasteiger charge is 2.37. The summed E-state index contributed by atoms with van der Waals surface area (Å²) in [4.78, 5) is 15.9. The maximum atomic E-state index is 11.9. The predicted molar refractivity (Wildman–Crippen MR) is 73.4 cm³/mol. The highest BCUT2D eigenvalue weighted by molar-refractivity contribution is 5.78. The minimum absolute atomic E-state index is 0.130. The first-order chi connectivity index (χ1) is 8.48. The van der Waals surface area contributed by atoms with Crippen molar-refractivity contribution in [3.63, 3.8) is 0 Å². The van der Waals surface area contributed by atoms with Crippen molar-refractivity contribution < 1.29 is 9.90 Å². The minimum atomic E-state index is -0.748. The highest BCUT2D eigenvalue weighted by Crippen LogP contribution is 2.27. The Morgan fingerprint density at radius 2 is 1.78 bits per heavy atom. The topological polar surface area (TPSA) is 43.8 Å². The van der Waals surface area contributed by atoms with Crippen molar-refractivity contribution in [3.8, 4) is 0 Å². The second kappa shape index (κ2) is 6.53. The van der Waals surface area contributed by atoms with E-state index in [1.54, 1.807) is 0 Å². The molecule has 106 valence electrons. The number of nitrogens with zero attached hydrogens (tertiary/aromatic N) is 2. The van der Waals surface area contributed by atoms with Crippen molar-refractivity contribution in [1.29, 1.82) is 0 Å². The Labute approximate surface area is 111 Å². The zero-order valence-corrected chi connectivity index (χ0v) is 12.3. The molecule has 2 aliphatic rings. The molecule has 0 aliphatic carbocycles. The number of carbonyl (C=O) groups is 1. The van der Waals surface area contributed by atoms with Crippen LogP contribution in [0.25, 0.3) is 0 Å². The van der Waals surface area contributed by atoms with Gasteiger partial charge in [-0.25, -0.2) is 0 Å². The molecule has 2 rings (SSSR count). The van der Waals surface area contributed by atoms with E-state index in [9.17, 15) is 9.90 Å². The van der Waals surface area contributed by atoms with Crippen LogP contribution in [0.1, 0.15) is 40.0 Å². The summed E-state index contributed by atoms with van der Waals surface area (Å²) in [6, 6.07) is 0. The van der Waals surface area contributed by atoms with E-state index in [1.165, 1.54) is 0 Å². The number of carbonyl (C=O) groups excluding carboxylic acids is 1. The SMILES string of the molecule is CC.CC1CN(C(=O)CC2(O)CCN(C)CC2)C1. The molecule has 0 unspecified atom stereocenters. The van der Waals surface area contributed by atoms with Crippen LogP contribution in [0.2, 0.25) is 0 Å². The third-order valence-electron chi connectivity index (χ3n) is 3.81. The van der Waals surface area contributed by atoms with Crippen molar-refractivity contribution in [2.24, 2.45) is 5.92 Å². The van der Waals surface area contributed by atoms with Gasteiger partial charge in [-0.2, -0.15) is 0 Å². The molecule has 18 heavy (non-hydrogen) atoms. The molecular formula is C14H28N2O2. The molecule has 1 N–H and O–H groups in total. The van der Waals surface area contributed by atoms with E-state index >= 15 is 0 Å². The smallest absolute Gasteiger partial charge is 0.225 e. The van der Waals surface area contributed by atoms with Crippen LogP contribution in [0.4, 0.5) is 0 Å². The van der Waals surface area contributed by atoms with Crippen molar-refractivity contribution in [1.82, 2.24) is 9.80 Å². The number of amides is 1. The molecule has 1 amide bonds. The van der Waals surface area contributed by atoms with Gasteiger partial charge < -0.3 is 14.9 Å². The summed E-state index contributed by atoms with van der Waals surface area (Å²) in [6.07, 6.45) is 1.75. The normalized spacial score (nSPS) is 23.9. The Kier molecular flexibility index (Phi) is 5.60. The summed E-state index contributed by atoms with van der Waals surface area (Å²) in [7, 11) is 2.05. The van der Waals surface area contributed by atoms with Crippen molar-refractivity contribution in [2.45, 2.75) is 45.6 Å². The van der Waals surface area contributed by atoms with Crippen LogP contribution in [0.3, 0.4) is 0 Å². The summed E-state index contributed by atoms with van der Waals surface area (Å²) in [6.45, 7) is 9.66. The van der Waals surface area contributed by atoms with Crippen LogP contribution in [0, 0.1) is 5.92 Å². The molecule has 0 aromatic rings. The molecular weight excluding hydrogens is 228 g/mol. The van der Waals surface area contributed by atoms with Crippen LogP contribution < -0.4 is 0 Å². The molecule has 0 atom stereocenters. The van der Waals surface area contributed by atoms with Crippen molar-refractivity contribution >= 4 is 5.91 Å². The standard InChI is InChI=1S/C12H22N2O2.C2H6/c1-10-8-14(9-10)11(15)7-12(16)3-5-13(2)6-4-12;1-2/h10,16H,3-9H2,1-2H3;1-2H3. The van der Waals surface area contributed by atoms with E-state index in [0.717, 1.165) is 39.0 Å². The lowest BCUT2D eigenvalue weighted by molar-refractivity contribution is -0.144. The molecule has 0 spiro atoms. The first-order valence-corrected chi connectivity index (χ1v) is 7.17. The van der Waals surface area contributed by atoms with Gasteiger partial charge in [0.1, 0.15) is 0 Å². The fraction of sp³-hybridized carbons (Fsp3) is 0.929. The van der Waals surface area contributed by atoms with Crippen molar-refractivity contribution in [2.75, 3.05) is 33.2 Å². The fourth-order valence-corrected chi connectivity index (χ4v) is 2.51. The van der Waals surface area contributed by atoms with Crippen LogP contribution in [0.15, 0.2) is 0 Å². The second-order valence-corrected chi connectivity index (χ2v) is 5.61. The molecule has 2 heterocycles. The van der Waals surface area contributed by atoms with Gasteiger partial charge in [0.05, 0.1) is 12.0 Å². The monoisotopic (exact) mass is 256 g/mol. The predicted octanol–water partition coefficient (Wildman–Crippen LogP) is 1.34. The summed E-state index contributed by atoms with van der Waals surface area (Å²) < 4.78 is 0. The Bertz CT molecular complexity index is 267. The van der Waals surface area contributed by atoms with Crippen LogP contribution in [-0.2, 0) is 4.79 Å². The first-order valence-electron chi connectivity index (χ1n) is 7.17. The third kappa shape index (κ3) is 3.95. The maximum absolute atomic E-state index is 11.9. The van der Waals surface area contributed by atoms with Crippen LogP contribution >= 0.6 is 0 Å². The van der Waals surface area contributed by atoms with E-state index < -0.39 is 5.60 Å². The van der Waals surface area contributed by atoms with Gasteiger partial charge in [0, 0.05) is 26.2 Å². The van der Waals surface area contributed by atoms with Gasteiger partial charge in [-0.05, 0) is 25.8 Å². The van der Waals surface area contributed by atoms with Gasteiger partial charge in [-0.15, -0.1) is 0 Å². The summed E-state index contributed by atoms with van der Waals surface area (Å²) in [5, 5.41) is 10.3. The number of rotatable bonds is 2. The molecule has 2 aliphatic heterocycles. The lowest BCUT2D eigenvalue weighted by atomic mass is 9.87. The molecule has 0 aromatic heterocycles. The zero-order valence-electron chi connectivity index (χ0n) is 12.3. The van der Waals surface area contributed by atoms with Gasteiger partial charge in [0.2, 0.25) is 5.91 Å². The number of aliphatic hydroxyl groups is 1. The van der Waals surface area contributed by atoms with Gasteiger partial charge in [0.25, 0.3) is 0 Å². The average molecular weight is 256 g/mol. The van der Waals surface area contributed by atoms with E-state index in [1.807, 2.05) is 18.7 Å². The van der Waals surface area contributed by atoms with Crippen LogP contribution in [0.5, 0.6) is 0 Å². The zero-order chi connectivity index (χ0) is 13.8. The average Bonchev–Trinajstić information content (AvgIpc) is 2.32. The number of hydrogen-bond acceptors (Lipinski definition) is 3. The molecule has 0 saturated carbocycles. The molecule has 0 aromatic carbocycles. The Hall–Kier alpha value is -0.610. The Morgan fingerprint density at radius 1 is 1.28 bits per heavy atom. The number of piperidine rings is 1. The van der Waals surface area contributed by atoms with E-state index in [-0.39, 0.29) is 5.91 Å². The Morgan fingerprint density at radius 3 is 2.22 bits per heavy atom. The van der Waals surface area contributed by atoms with E-state index in [2.05, 4.69) is 18.9 Å². The van der Waals surface area contributed by atoms with Gasteiger partial charge >= 0.3 is 0 Å². The molecule has 0 bridgehead atoms. The van der Waals surface area contributed by atoms with Crippen molar-refractivity contribution in [3.05, 3.63) is 0 Å². The molecule has 0 radical (unpaired) electrons. The molecule has 2 fully saturated rings. The minimum Gasteiger partial charge on any atom is -0.389 e. The second-order valence-electron chi connectivity index (χ2n) is 5.61. The first kappa shape index (κ1) is 15.4. The highest BCUT2D eigenvalue weighted by atomic mass is 16.3. The fourth-order valence-electron chi connectivity index (χ4n) is 2.51. The van der Waals surface area contributed by atoms with Gasteiger partial charge in [-0.1, -0.05) is 20.8 Å². The van der Waals surface area contributed by atoms with Gasteiger partial charge in [0.15, 0.2) is 0 Å². The van der Waals surface area contributed by atoms with E-state index in [0.29, 0.717) is 12.3 Å². The molecule has 4 nitrogen and oxygen atoms in total. The summed E-state index contributed by atoms with van der Waals surface area (Å²) >= 11 is 0. The largest absolute Gasteiger partial charge is 0.389 e. The lowest BCUT2D eigenvalue weighted by Gasteiger charge is -2.41. The Balaban J connectivity index is 0.000000771. The summed E-state index contributed by atoms with van der Waals surface area (Å²) in [5.74, 6) is 0.765. The molecule has 4 heteroatoms. The third-order valence-corrected chi connectivity index (χ3v) is 3.81. The van der Waals surface area contributed by atoms with Gasteiger partial charge in [-0.3, -0.25) is 4.79 Å². The lowest BCUT2D eigenvalue weighted by Crippen LogP contribution is -2.52. The number of hydrogen-bond donors (Lipinski definition) is 1. The van der Waals surface area contributed by atoms with E-state index in [4.69, 9.17) is 0 Å². The summed E-state index contributed by atoms with van der Waals surface area (Å²) in [5.41, 5.74) is -0.748. The molecule has 2 saturated heterocycles. The number of likely N-dealkylation sites (tertiary alicyclic amines) is 2. The maximum Gasteiger partial charge on any atom is 0.225 e.